The molecule has 0 bridgehead atoms. The molecule has 1 unspecified atom stereocenters. The summed E-state index contributed by atoms with van der Waals surface area (Å²) in [5.41, 5.74) is 9.83. The molecule has 0 aliphatic rings. The Balaban J connectivity index is 2.75. The molecule has 0 saturated carbocycles. The molecule has 2 heteroatoms. The molecule has 1 aromatic carbocycles. The summed E-state index contributed by atoms with van der Waals surface area (Å²) in [7, 11) is 0. The van der Waals surface area contributed by atoms with Crippen LogP contribution in [0.25, 0.3) is 10.9 Å². The zero-order valence-corrected chi connectivity index (χ0v) is 10.5. The summed E-state index contributed by atoms with van der Waals surface area (Å²) in [5, 5.41) is 1.29. The van der Waals surface area contributed by atoms with E-state index in [1.54, 1.807) is 0 Å². The average Bonchev–Trinajstić information content (AvgIpc) is 2.55. The van der Waals surface area contributed by atoms with Crippen molar-refractivity contribution in [1.82, 2.24) is 4.57 Å². The number of nitrogens with two attached hydrogens (primary N) is 1. The van der Waals surface area contributed by atoms with Gasteiger partial charge < -0.3 is 10.3 Å². The first kappa shape index (κ1) is 11.2. The molecule has 0 amide bonds. The van der Waals surface area contributed by atoms with Gasteiger partial charge in [0.05, 0.1) is 0 Å². The molecule has 0 radical (unpaired) electrons. The predicted octanol–water partition coefficient (Wildman–Crippen LogP) is 3.55. The fourth-order valence-electron chi connectivity index (χ4n) is 2.30. The lowest BCUT2D eigenvalue weighted by atomic mass is 10.2. The van der Waals surface area contributed by atoms with Crippen LogP contribution in [0.15, 0.2) is 24.3 Å². The molecule has 2 aromatic rings. The molecule has 16 heavy (non-hydrogen) atoms. The van der Waals surface area contributed by atoms with Crippen LogP contribution in [-0.4, -0.2) is 4.57 Å². The maximum absolute atomic E-state index is 6.03. The zero-order chi connectivity index (χ0) is 11.9. The first-order valence-corrected chi connectivity index (χ1v) is 5.87. The van der Waals surface area contributed by atoms with Crippen molar-refractivity contribution in [2.24, 2.45) is 5.73 Å². The molecule has 86 valence electrons. The molecule has 2 N–H and O–H groups in total. The Morgan fingerprint density at radius 2 is 1.81 bits per heavy atom. The Kier molecular flexibility index (Phi) is 2.76. The third kappa shape index (κ3) is 1.74. The molecule has 0 aliphatic carbocycles. The van der Waals surface area contributed by atoms with Crippen LogP contribution in [0.5, 0.6) is 0 Å². The van der Waals surface area contributed by atoms with E-state index in [2.05, 4.69) is 49.6 Å². The van der Waals surface area contributed by atoms with Crippen LogP contribution in [0.2, 0.25) is 0 Å². The summed E-state index contributed by atoms with van der Waals surface area (Å²) >= 11 is 0. The maximum atomic E-state index is 6.03. The summed E-state index contributed by atoms with van der Waals surface area (Å²) in [6.45, 7) is 8.56. The molecule has 1 aromatic heterocycles. The third-order valence-corrected chi connectivity index (χ3v) is 3.01. The van der Waals surface area contributed by atoms with Crippen molar-refractivity contribution < 1.29 is 0 Å². The Morgan fingerprint density at radius 1 is 1.12 bits per heavy atom. The number of aryl methyl sites for hydroxylation is 1. The van der Waals surface area contributed by atoms with Gasteiger partial charge in [-0.25, -0.2) is 0 Å². The van der Waals surface area contributed by atoms with Gasteiger partial charge in [0.15, 0.2) is 0 Å². The van der Waals surface area contributed by atoms with Gasteiger partial charge in [0.2, 0.25) is 0 Å². The monoisotopic (exact) mass is 216 g/mol. The Hall–Kier alpha value is -1.28. The number of aromatic nitrogens is 1. The van der Waals surface area contributed by atoms with E-state index in [-0.39, 0.29) is 6.04 Å². The van der Waals surface area contributed by atoms with Gasteiger partial charge >= 0.3 is 0 Å². The van der Waals surface area contributed by atoms with Gasteiger partial charge in [-0.2, -0.15) is 0 Å². The minimum absolute atomic E-state index is 0.0788. The highest BCUT2D eigenvalue weighted by Crippen LogP contribution is 2.27. The molecule has 2 nitrogen and oxygen atoms in total. The van der Waals surface area contributed by atoms with Crippen LogP contribution in [0, 0.1) is 6.92 Å². The lowest BCUT2D eigenvalue weighted by Crippen LogP contribution is -2.13. The number of hydrogen-bond acceptors (Lipinski definition) is 1. The highest BCUT2D eigenvalue weighted by Gasteiger charge is 2.13. The lowest BCUT2D eigenvalue weighted by molar-refractivity contribution is 0.571. The molecule has 0 spiro atoms. The normalized spacial score (nSPS) is 13.6. The van der Waals surface area contributed by atoms with E-state index in [0.29, 0.717) is 6.04 Å². The fraction of sp³-hybridized carbons (Fsp3) is 0.429. The Morgan fingerprint density at radius 3 is 2.38 bits per heavy atom. The van der Waals surface area contributed by atoms with Crippen LogP contribution in [-0.2, 0) is 0 Å². The summed E-state index contributed by atoms with van der Waals surface area (Å²) in [4.78, 5) is 0. The molecular weight excluding hydrogens is 196 g/mol. The smallest absolute Gasteiger partial charge is 0.0485 e. The van der Waals surface area contributed by atoms with Gasteiger partial charge in [0, 0.05) is 28.7 Å². The molecule has 1 heterocycles. The van der Waals surface area contributed by atoms with E-state index in [0.717, 1.165) is 0 Å². The predicted molar refractivity (Wildman–Crippen MR) is 69.7 cm³/mol. The van der Waals surface area contributed by atoms with E-state index in [1.165, 1.54) is 22.2 Å². The van der Waals surface area contributed by atoms with Crippen LogP contribution >= 0.6 is 0 Å². The van der Waals surface area contributed by atoms with E-state index in [4.69, 9.17) is 5.73 Å². The second kappa shape index (κ2) is 3.95. The fourth-order valence-corrected chi connectivity index (χ4v) is 2.30. The summed E-state index contributed by atoms with van der Waals surface area (Å²) < 4.78 is 2.33. The van der Waals surface area contributed by atoms with Crippen molar-refractivity contribution in [3.63, 3.8) is 0 Å². The van der Waals surface area contributed by atoms with Crippen molar-refractivity contribution in [3.8, 4) is 0 Å². The van der Waals surface area contributed by atoms with Crippen LogP contribution in [0.3, 0.4) is 0 Å². The van der Waals surface area contributed by atoms with Gasteiger partial charge in [-0.1, -0.05) is 11.6 Å². The van der Waals surface area contributed by atoms with Gasteiger partial charge in [0.1, 0.15) is 0 Å². The highest BCUT2D eigenvalue weighted by atomic mass is 15.0. The van der Waals surface area contributed by atoms with E-state index >= 15 is 0 Å². The van der Waals surface area contributed by atoms with Gasteiger partial charge in [0.25, 0.3) is 0 Å². The summed E-state index contributed by atoms with van der Waals surface area (Å²) in [6, 6.07) is 9.31. The topological polar surface area (TPSA) is 30.9 Å². The average molecular weight is 216 g/mol. The SMILES string of the molecule is Cc1ccc2c(c1)cc(C(C)N)n2C(C)C. The Bertz CT molecular complexity index is 507. The van der Waals surface area contributed by atoms with Crippen LogP contribution in [0.4, 0.5) is 0 Å². The molecule has 1 atom stereocenters. The second-order valence-corrected chi connectivity index (χ2v) is 4.88. The van der Waals surface area contributed by atoms with Crippen molar-refractivity contribution in [2.45, 2.75) is 39.8 Å². The van der Waals surface area contributed by atoms with E-state index in [1.807, 2.05) is 6.92 Å². The standard InChI is InChI=1S/C14H20N2/c1-9(2)16-13-6-5-10(3)7-12(13)8-14(16)11(4)15/h5-9,11H,15H2,1-4H3. The van der Waals surface area contributed by atoms with Gasteiger partial charge in [-0.15, -0.1) is 0 Å². The second-order valence-electron chi connectivity index (χ2n) is 4.88. The minimum atomic E-state index is 0.0788. The van der Waals surface area contributed by atoms with Crippen molar-refractivity contribution in [1.29, 1.82) is 0 Å². The number of nitrogens with zero attached hydrogens (tertiary/aromatic N) is 1. The first-order valence-electron chi connectivity index (χ1n) is 5.87. The Labute approximate surface area is 97.1 Å². The number of hydrogen-bond donors (Lipinski definition) is 1. The van der Waals surface area contributed by atoms with Crippen LogP contribution < -0.4 is 5.73 Å². The molecule has 0 saturated heterocycles. The largest absolute Gasteiger partial charge is 0.341 e. The van der Waals surface area contributed by atoms with Gasteiger partial charge in [-0.3, -0.25) is 0 Å². The molecular formula is C14H20N2. The maximum Gasteiger partial charge on any atom is 0.0485 e. The van der Waals surface area contributed by atoms with E-state index in [9.17, 15) is 0 Å². The quantitative estimate of drug-likeness (QED) is 0.817. The number of rotatable bonds is 2. The highest BCUT2D eigenvalue weighted by molar-refractivity contribution is 5.82. The number of benzene rings is 1. The van der Waals surface area contributed by atoms with Crippen LogP contribution in [0.1, 0.15) is 44.1 Å². The lowest BCUT2D eigenvalue weighted by Gasteiger charge is -2.16. The minimum Gasteiger partial charge on any atom is -0.341 e. The zero-order valence-electron chi connectivity index (χ0n) is 10.5. The first-order chi connectivity index (χ1) is 7.50. The summed E-state index contributed by atoms with van der Waals surface area (Å²) in [6.07, 6.45) is 0. The summed E-state index contributed by atoms with van der Waals surface area (Å²) in [5.74, 6) is 0. The van der Waals surface area contributed by atoms with Gasteiger partial charge in [-0.05, 0) is 45.9 Å². The van der Waals surface area contributed by atoms with E-state index < -0.39 is 0 Å². The number of fused-ring (bicyclic) bond motifs is 1. The third-order valence-electron chi connectivity index (χ3n) is 3.01. The van der Waals surface area contributed by atoms with Crippen molar-refractivity contribution >= 4 is 10.9 Å². The molecule has 0 aliphatic heterocycles. The van der Waals surface area contributed by atoms with Crippen molar-refractivity contribution in [2.75, 3.05) is 0 Å². The molecule has 0 fully saturated rings. The van der Waals surface area contributed by atoms with Crippen molar-refractivity contribution in [3.05, 3.63) is 35.5 Å². The molecule has 2 rings (SSSR count).